The molecule has 1 N–H and O–H groups in total. The summed E-state index contributed by atoms with van der Waals surface area (Å²) >= 11 is 0. The molecule has 0 aromatic rings. The van der Waals surface area contributed by atoms with Gasteiger partial charge in [0.25, 0.3) is 5.91 Å². The first kappa shape index (κ1) is 11.8. The van der Waals surface area contributed by atoms with Crippen LogP contribution in [0.5, 0.6) is 0 Å². The Kier molecular flexibility index (Phi) is 2.68. The van der Waals surface area contributed by atoms with Crippen LogP contribution in [0.3, 0.4) is 0 Å². The van der Waals surface area contributed by atoms with Crippen LogP contribution in [0.1, 0.15) is 51.9 Å². The summed E-state index contributed by atoms with van der Waals surface area (Å²) < 4.78 is 0. The molecule has 0 radical (unpaired) electrons. The number of amides is 2. The predicted molar refractivity (Wildman–Crippen MR) is 67.3 cm³/mol. The molecule has 4 nitrogen and oxygen atoms in total. The molecule has 1 atom stereocenters. The molecule has 3 aliphatic rings. The van der Waals surface area contributed by atoms with E-state index < -0.39 is 5.66 Å². The summed E-state index contributed by atoms with van der Waals surface area (Å²) in [6.07, 6.45) is 8.91. The average molecular weight is 248 g/mol. The van der Waals surface area contributed by atoms with E-state index in [1.807, 2.05) is 13.1 Å². The van der Waals surface area contributed by atoms with Crippen molar-refractivity contribution in [3.63, 3.8) is 0 Å². The van der Waals surface area contributed by atoms with Crippen LogP contribution < -0.4 is 5.32 Å². The molecule has 2 fully saturated rings. The minimum Gasteiger partial charge on any atom is -0.329 e. The zero-order chi connectivity index (χ0) is 12.8. The molecule has 2 amide bonds. The molecule has 1 saturated carbocycles. The lowest BCUT2D eigenvalue weighted by Crippen LogP contribution is -2.58. The molecule has 1 unspecified atom stereocenters. The third kappa shape index (κ3) is 1.74. The fourth-order valence-electron chi connectivity index (χ4n) is 3.42. The summed E-state index contributed by atoms with van der Waals surface area (Å²) in [5.41, 5.74) is 0.342. The minimum atomic E-state index is -0.480. The van der Waals surface area contributed by atoms with Crippen LogP contribution in [0.4, 0.5) is 0 Å². The summed E-state index contributed by atoms with van der Waals surface area (Å²) in [6, 6.07) is 0. The summed E-state index contributed by atoms with van der Waals surface area (Å²) in [7, 11) is 0. The highest BCUT2D eigenvalue weighted by Crippen LogP contribution is 2.37. The number of hydrogen-bond acceptors (Lipinski definition) is 2. The van der Waals surface area contributed by atoms with E-state index in [1.165, 1.54) is 19.3 Å². The molecule has 2 heterocycles. The Labute approximate surface area is 107 Å². The van der Waals surface area contributed by atoms with Crippen LogP contribution in [0.15, 0.2) is 11.8 Å². The van der Waals surface area contributed by atoms with Gasteiger partial charge in [0.15, 0.2) is 0 Å². The van der Waals surface area contributed by atoms with Gasteiger partial charge < -0.3 is 5.32 Å². The van der Waals surface area contributed by atoms with Crippen LogP contribution >= 0.6 is 0 Å². The van der Waals surface area contributed by atoms with Crippen molar-refractivity contribution in [1.82, 2.24) is 10.2 Å². The molecule has 4 heteroatoms. The Morgan fingerprint density at radius 3 is 2.72 bits per heavy atom. The number of nitrogens with one attached hydrogen (secondary N) is 1. The zero-order valence-corrected chi connectivity index (χ0v) is 10.9. The van der Waals surface area contributed by atoms with Gasteiger partial charge in [0, 0.05) is 18.2 Å². The molecule has 0 aromatic heterocycles. The van der Waals surface area contributed by atoms with Crippen molar-refractivity contribution < 1.29 is 9.59 Å². The summed E-state index contributed by atoms with van der Waals surface area (Å²) in [5, 5.41) is 3.03. The highest BCUT2D eigenvalue weighted by molar-refractivity contribution is 5.97. The number of carbonyl (C=O) groups is 2. The van der Waals surface area contributed by atoms with Gasteiger partial charge in [-0.05, 0) is 32.1 Å². The van der Waals surface area contributed by atoms with Crippen LogP contribution in [-0.4, -0.2) is 22.4 Å². The van der Waals surface area contributed by atoms with Crippen molar-refractivity contribution in [2.45, 2.75) is 57.5 Å². The molecule has 3 rings (SSSR count). The smallest absolute Gasteiger partial charge is 0.250 e. The Bertz CT molecular complexity index is 424. The lowest BCUT2D eigenvalue weighted by Gasteiger charge is -2.40. The van der Waals surface area contributed by atoms with Gasteiger partial charge in [-0.1, -0.05) is 19.3 Å². The number of fused-ring (bicyclic) bond motifs is 1. The van der Waals surface area contributed by atoms with Gasteiger partial charge in [-0.25, -0.2) is 0 Å². The number of rotatable bonds is 1. The number of nitrogens with zero attached hydrogens (tertiary/aromatic N) is 1. The summed E-state index contributed by atoms with van der Waals surface area (Å²) in [5.74, 6) is 0.512. The van der Waals surface area contributed by atoms with Gasteiger partial charge >= 0.3 is 0 Å². The monoisotopic (exact) mass is 248 g/mol. The standard InChI is InChI=1S/C14H20N2O2/c1-14-8-7-12(17)16(14)9-11(13(18)15-14)10-5-3-2-4-6-10/h9-10H,2-8H2,1H3,(H,15,18). The zero-order valence-electron chi connectivity index (χ0n) is 10.9. The summed E-state index contributed by atoms with van der Waals surface area (Å²) in [4.78, 5) is 25.9. The molecular weight excluding hydrogens is 228 g/mol. The van der Waals surface area contributed by atoms with Crippen LogP contribution in [0.2, 0.25) is 0 Å². The Morgan fingerprint density at radius 2 is 2.00 bits per heavy atom. The SMILES string of the molecule is CC12CCC(=O)N1C=C(C1CCCCC1)C(=O)N2. The highest BCUT2D eigenvalue weighted by Gasteiger charge is 2.46. The molecular formula is C14H20N2O2. The van der Waals surface area contributed by atoms with Crippen LogP contribution in [0, 0.1) is 5.92 Å². The largest absolute Gasteiger partial charge is 0.329 e. The second-order valence-corrected chi connectivity index (χ2v) is 5.91. The first-order chi connectivity index (χ1) is 8.60. The van der Waals surface area contributed by atoms with Gasteiger partial charge in [-0.3, -0.25) is 14.5 Å². The van der Waals surface area contributed by atoms with Crippen molar-refractivity contribution in [3.05, 3.63) is 11.8 Å². The van der Waals surface area contributed by atoms with E-state index in [0.29, 0.717) is 18.8 Å². The predicted octanol–water partition coefficient (Wildman–Crippen LogP) is 1.92. The lowest BCUT2D eigenvalue weighted by molar-refractivity contribution is -0.131. The highest BCUT2D eigenvalue weighted by atomic mass is 16.2. The van der Waals surface area contributed by atoms with Crippen LogP contribution in [0.25, 0.3) is 0 Å². The van der Waals surface area contributed by atoms with Crippen molar-refractivity contribution in [2.75, 3.05) is 0 Å². The first-order valence-electron chi connectivity index (χ1n) is 6.96. The van der Waals surface area contributed by atoms with E-state index >= 15 is 0 Å². The first-order valence-corrected chi connectivity index (χ1v) is 6.96. The minimum absolute atomic E-state index is 0.0374. The second-order valence-electron chi connectivity index (χ2n) is 5.91. The third-order valence-corrected chi connectivity index (χ3v) is 4.58. The van der Waals surface area contributed by atoms with E-state index in [0.717, 1.165) is 18.4 Å². The molecule has 0 bridgehead atoms. The number of hydrogen-bond donors (Lipinski definition) is 1. The molecule has 1 saturated heterocycles. The van der Waals surface area contributed by atoms with Gasteiger partial charge in [0.2, 0.25) is 5.91 Å². The lowest BCUT2D eigenvalue weighted by atomic mass is 9.82. The van der Waals surface area contributed by atoms with Gasteiger partial charge in [0.1, 0.15) is 5.66 Å². The number of carbonyl (C=O) groups excluding carboxylic acids is 2. The fraction of sp³-hybridized carbons (Fsp3) is 0.714. The maximum absolute atomic E-state index is 12.2. The van der Waals surface area contributed by atoms with E-state index in [9.17, 15) is 9.59 Å². The quantitative estimate of drug-likeness (QED) is 0.770. The van der Waals surface area contributed by atoms with Crippen molar-refractivity contribution in [1.29, 1.82) is 0 Å². The van der Waals surface area contributed by atoms with Gasteiger partial charge in [-0.15, -0.1) is 0 Å². The topological polar surface area (TPSA) is 49.4 Å². The molecule has 98 valence electrons. The van der Waals surface area contributed by atoms with Crippen molar-refractivity contribution in [2.24, 2.45) is 5.92 Å². The molecule has 18 heavy (non-hydrogen) atoms. The molecule has 2 aliphatic heterocycles. The van der Waals surface area contributed by atoms with Crippen molar-refractivity contribution in [3.8, 4) is 0 Å². The van der Waals surface area contributed by atoms with E-state index in [2.05, 4.69) is 5.32 Å². The Morgan fingerprint density at radius 1 is 1.28 bits per heavy atom. The van der Waals surface area contributed by atoms with E-state index in [-0.39, 0.29) is 11.8 Å². The van der Waals surface area contributed by atoms with E-state index in [4.69, 9.17) is 0 Å². The van der Waals surface area contributed by atoms with Gasteiger partial charge in [0.05, 0.1) is 0 Å². The average Bonchev–Trinajstić information content (AvgIpc) is 2.65. The third-order valence-electron chi connectivity index (χ3n) is 4.58. The maximum Gasteiger partial charge on any atom is 0.250 e. The van der Waals surface area contributed by atoms with Gasteiger partial charge in [-0.2, -0.15) is 0 Å². The molecule has 0 spiro atoms. The summed E-state index contributed by atoms with van der Waals surface area (Å²) in [6.45, 7) is 1.93. The van der Waals surface area contributed by atoms with E-state index in [1.54, 1.807) is 4.90 Å². The normalized spacial score (nSPS) is 33.2. The molecule has 1 aliphatic carbocycles. The molecule has 0 aromatic carbocycles. The second kappa shape index (κ2) is 4.11. The Balaban J connectivity index is 1.90. The van der Waals surface area contributed by atoms with Crippen molar-refractivity contribution >= 4 is 11.8 Å². The Hall–Kier alpha value is -1.32. The fourth-order valence-corrected chi connectivity index (χ4v) is 3.42. The maximum atomic E-state index is 12.2. The van der Waals surface area contributed by atoms with Crippen LogP contribution in [-0.2, 0) is 9.59 Å².